The fourth-order valence-corrected chi connectivity index (χ4v) is 3.64. The molecular formula is C21H19Cl2N3O3. The average Bonchev–Trinajstić information content (AvgIpc) is 2.72. The SMILES string of the molecule is CC(Oc1ccc(C#N)cc1)C(=O)N1CCN(C(=O)c2cc(Cl)cc(Cl)c2)CC1. The van der Waals surface area contributed by atoms with Gasteiger partial charge in [-0.2, -0.15) is 5.26 Å². The van der Waals surface area contributed by atoms with Gasteiger partial charge in [0.1, 0.15) is 5.75 Å². The molecule has 1 atom stereocenters. The lowest BCUT2D eigenvalue weighted by Crippen LogP contribution is -2.53. The fourth-order valence-electron chi connectivity index (χ4n) is 3.11. The Morgan fingerprint density at radius 1 is 1.00 bits per heavy atom. The van der Waals surface area contributed by atoms with E-state index in [1.54, 1.807) is 59.2 Å². The molecule has 0 N–H and O–H groups in total. The maximum atomic E-state index is 12.7. The predicted octanol–water partition coefficient (Wildman–Crippen LogP) is 3.62. The van der Waals surface area contributed by atoms with E-state index in [1.165, 1.54) is 0 Å². The zero-order chi connectivity index (χ0) is 21.0. The van der Waals surface area contributed by atoms with Crippen LogP contribution in [-0.4, -0.2) is 53.9 Å². The van der Waals surface area contributed by atoms with Gasteiger partial charge in [-0.05, 0) is 49.4 Å². The van der Waals surface area contributed by atoms with Crippen LogP contribution >= 0.6 is 23.2 Å². The minimum absolute atomic E-state index is 0.146. The number of hydrogen-bond donors (Lipinski definition) is 0. The predicted molar refractivity (Wildman–Crippen MR) is 110 cm³/mol. The molecule has 2 aromatic rings. The Hall–Kier alpha value is -2.75. The van der Waals surface area contributed by atoms with Crippen molar-refractivity contribution < 1.29 is 14.3 Å². The smallest absolute Gasteiger partial charge is 0.263 e. The van der Waals surface area contributed by atoms with Crippen LogP contribution in [0.3, 0.4) is 0 Å². The third kappa shape index (κ3) is 5.20. The number of carbonyl (C=O) groups is 2. The Morgan fingerprint density at radius 2 is 1.55 bits per heavy atom. The Morgan fingerprint density at radius 3 is 2.10 bits per heavy atom. The molecule has 2 amide bonds. The summed E-state index contributed by atoms with van der Waals surface area (Å²) in [5, 5.41) is 9.65. The molecule has 0 aliphatic carbocycles. The van der Waals surface area contributed by atoms with Gasteiger partial charge in [0, 0.05) is 41.8 Å². The van der Waals surface area contributed by atoms with Crippen LogP contribution in [0.25, 0.3) is 0 Å². The van der Waals surface area contributed by atoms with Crippen LogP contribution < -0.4 is 4.74 Å². The third-order valence-corrected chi connectivity index (χ3v) is 5.07. The van der Waals surface area contributed by atoms with Gasteiger partial charge in [0.05, 0.1) is 11.6 Å². The van der Waals surface area contributed by atoms with Crippen LogP contribution in [0.1, 0.15) is 22.8 Å². The summed E-state index contributed by atoms with van der Waals surface area (Å²) >= 11 is 12.0. The summed E-state index contributed by atoms with van der Waals surface area (Å²) < 4.78 is 5.69. The zero-order valence-corrected chi connectivity index (χ0v) is 17.3. The van der Waals surface area contributed by atoms with E-state index in [0.717, 1.165) is 0 Å². The van der Waals surface area contributed by atoms with Crippen LogP contribution in [-0.2, 0) is 4.79 Å². The quantitative estimate of drug-likeness (QED) is 0.740. The first kappa shape index (κ1) is 21.0. The van der Waals surface area contributed by atoms with E-state index >= 15 is 0 Å². The third-order valence-electron chi connectivity index (χ3n) is 4.63. The molecule has 1 heterocycles. The Kier molecular flexibility index (Phi) is 6.63. The van der Waals surface area contributed by atoms with Gasteiger partial charge in [-0.15, -0.1) is 0 Å². The van der Waals surface area contributed by atoms with E-state index in [0.29, 0.717) is 53.1 Å². The van der Waals surface area contributed by atoms with E-state index in [2.05, 4.69) is 0 Å². The molecule has 0 radical (unpaired) electrons. The average molecular weight is 432 g/mol. The minimum atomic E-state index is -0.670. The molecule has 0 aromatic heterocycles. The van der Waals surface area contributed by atoms with Gasteiger partial charge in [0.25, 0.3) is 11.8 Å². The molecule has 0 spiro atoms. The van der Waals surface area contributed by atoms with Crippen LogP contribution in [0.15, 0.2) is 42.5 Å². The van der Waals surface area contributed by atoms with E-state index < -0.39 is 6.10 Å². The summed E-state index contributed by atoms with van der Waals surface area (Å²) in [6, 6.07) is 13.4. The normalized spacial score (nSPS) is 14.8. The molecule has 1 aliphatic heterocycles. The molecule has 0 saturated carbocycles. The van der Waals surface area contributed by atoms with Crippen molar-refractivity contribution in [1.82, 2.24) is 9.80 Å². The molecule has 1 unspecified atom stereocenters. The zero-order valence-electron chi connectivity index (χ0n) is 15.8. The van der Waals surface area contributed by atoms with Crippen molar-refractivity contribution in [2.24, 2.45) is 0 Å². The molecular weight excluding hydrogens is 413 g/mol. The van der Waals surface area contributed by atoms with Gasteiger partial charge in [-0.3, -0.25) is 9.59 Å². The first-order valence-electron chi connectivity index (χ1n) is 9.08. The maximum absolute atomic E-state index is 12.7. The van der Waals surface area contributed by atoms with E-state index in [1.807, 2.05) is 6.07 Å². The Balaban J connectivity index is 1.55. The lowest BCUT2D eigenvalue weighted by molar-refractivity contribution is -0.139. The number of carbonyl (C=O) groups excluding carboxylic acids is 2. The summed E-state index contributed by atoms with van der Waals surface area (Å²) in [5.41, 5.74) is 0.956. The van der Waals surface area contributed by atoms with Gasteiger partial charge in [-0.1, -0.05) is 23.2 Å². The second-order valence-electron chi connectivity index (χ2n) is 6.67. The number of benzene rings is 2. The lowest BCUT2D eigenvalue weighted by atomic mass is 10.1. The summed E-state index contributed by atoms with van der Waals surface area (Å²) in [6.07, 6.45) is -0.670. The van der Waals surface area contributed by atoms with Gasteiger partial charge >= 0.3 is 0 Å². The minimum Gasteiger partial charge on any atom is -0.481 e. The summed E-state index contributed by atoms with van der Waals surface area (Å²) in [7, 11) is 0. The van der Waals surface area contributed by atoms with Crippen molar-refractivity contribution in [3.63, 3.8) is 0 Å². The highest BCUT2D eigenvalue weighted by Gasteiger charge is 2.28. The second kappa shape index (κ2) is 9.17. The Labute approximate surface area is 179 Å². The molecule has 8 heteroatoms. The second-order valence-corrected chi connectivity index (χ2v) is 7.54. The van der Waals surface area contributed by atoms with Crippen molar-refractivity contribution in [2.75, 3.05) is 26.2 Å². The molecule has 150 valence electrons. The standard InChI is InChI=1S/C21H19Cl2N3O3/c1-14(29-19-4-2-15(13-24)3-5-19)20(27)25-6-8-26(9-7-25)21(28)16-10-17(22)12-18(23)11-16/h2-5,10-12,14H,6-9H2,1H3. The molecule has 1 fully saturated rings. The summed E-state index contributed by atoms with van der Waals surface area (Å²) in [4.78, 5) is 28.7. The molecule has 1 saturated heterocycles. The van der Waals surface area contributed by atoms with Crippen LogP contribution in [0.2, 0.25) is 10.0 Å². The monoisotopic (exact) mass is 431 g/mol. The topological polar surface area (TPSA) is 73.6 Å². The number of piperazine rings is 1. The molecule has 3 rings (SSSR count). The van der Waals surface area contributed by atoms with Gasteiger partial charge in [0.2, 0.25) is 0 Å². The largest absolute Gasteiger partial charge is 0.481 e. The summed E-state index contributed by atoms with van der Waals surface area (Å²) in [5.74, 6) is 0.215. The molecule has 0 bridgehead atoms. The number of amides is 2. The van der Waals surface area contributed by atoms with Crippen LogP contribution in [0, 0.1) is 11.3 Å². The van der Waals surface area contributed by atoms with Crippen LogP contribution in [0.5, 0.6) is 5.75 Å². The number of ether oxygens (including phenoxy) is 1. The highest BCUT2D eigenvalue weighted by Crippen LogP contribution is 2.21. The molecule has 2 aromatic carbocycles. The number of rotatable bonds is 4. The first-order chi connectivity index (χ1) is 13.9. The van der Waals surface area contributed by atoms with Gasteiger partial charge < -0.3 is 14.5 Å². The van der Waals surface area contributed by atoms with Crippen molar-refractivity contribution in [2.45, 2.75) is 13.0 Å². The molecule has 29 heavy (non-hydrogen) atoms. The maximum Gasteiger partial charge on any atom is 0.263 e. The molecule has 1 aliphatic rings. The van der Waals surface area contributed by atoms with E-state index in [4.69, 9.17) is 33.2 Å². The van der Waals surface area contributed by atoms with Crippen LogP contribution in [0.4, 0.5) is 0 Å². The van der Waals surface area contributed by atoms with E-state index in [9.17, 15) is 9.59 Å². The number of halogens is 2. The number of hydrogen-bond acceptors (Lipinski definition) is 4. The fraction of sp³-hybridized carbons (Fsp3) is 0.286. The Bertz CT molecular complexity index is 928. The highest BCUT2D eigenvalue weighted by molar-refractivity contribution is 6.35. The van der Waals surface area contributed by atoms with Crippen molar-refractivity contribution in [3.05, 3.63) is 63.6 Å². The highest BCUT2D eigenvalue weighted by atomic mass is 35.5. The summed E-state index contributed by atoms with van der Waals surface area (Å²) in [6.45, 7) is 3.35. The van der Waals surface area contributed by atoms with Gasteiger partial charge in [0.15, 0.2) is 6.10 Å². The van der Waals surface area contributed by atoms with E-state index in [-0.39, 0.29) is 11.8 Å². The van der Waals surface area contributed by atoms with Crippen molar-refractivity contribution in [1.29, 1.82) is 5.26 Å². The van der Waals surface area contributed by atoms with Crippen molar-refractivity contribution >= 4 is 35.0 Å². The molecule has 6 nitrogen and oxygen atoms in total. The van der Waals surface area contributed by atoms with Crippen molar-refractivity contribution in [3.8, 4) is 11.8 Å². The van der Waals surface area contributed by atoms with Gasteiger partial charge in [-0.25, -0.2) is 0 Å². The first-order valence-corrected chi connectivity index (χ1v) is 9.84. The lowest BCUT2D eigenvalue weighted by Gasteiger charge is -2.36. The number of nitriles is 1. The number of nitrogens with zero attached hydrogens (tertiary/aromatic N) is 3.